The molecule has 1 nitrogen and oxygen atoms in total. The number of fused-ring (bicyclic) bond motifs is 15. The van der Waals surface area contributed by atoms with Gasteiger partial charge in [0, 0.05) is 47.6 Å². The summed E-state index contributed by atoms with van der Waals surface area (Å²) in [7, 11) is 0. The molecule has 0 saturated carbocycles. The van der Waals surface area contributed by atoms with E-state index in [2.05, 4.69) is 194 Å². The van der Waals surface area contributed by atoms with Crippen molar-refractivity contribution in [3.63, 3.8) is 0 Å². The first-order valence-electron chi connectivity index (χ1n) is 18.9. The lowest BCUT2D eigenvalue weighted by atomic mass is 9.67. The van der Waals surface area contributed by atoms with Gasteiger partial charge in [-0.25, -0.2) is 0 Å². The molecule has 12 rings (SSSR count). The van der Waals surface area contributed by atoms with Crippen molar-refractivity contribution in [2.75, 3.05) is 0 Å². The van der Waals surface area contributed by atoms with Crippen molar-refractivity contribution in [2.24, 2.45) is 0 Å². The lowest BCUT2D eigenvalue weighted by Crippen LogP contribution is -2.28. The fourth-order valence-electron chi connectivity index (χ4n) is 10.5. The molecule has 0 atom stereocenters. The maximum atomic E-state index is 2.61. The molecule has 0 saturated heterocycles. The van der Waals surface area contributed by atoms with E-state index in [9.17, 15) is 0 Å². The van der Waals surface area contributed by atoms with E-state index in [0.29, 0.717) is 0 Å². The summed E-state index contributed by atoms with van der Waals surface area (Å²) in [6, 6.07) is 65.9. The van der Waals surface area contributed by atoms with Crippen molar-refractivity contribution >= 4 is 53.3 Å². The van der Waals surface area contributed by atoms with Gasteiger partial charge in [-0.15, -0.1) is 11.3 Å². The lowest BCUT2D eigenvalue weighted by Gasteiger charge is -2.34. The number of thiophene rings is 1. The minimum atomic E-state index is -0.474. The molecular formula is C52H35NS. The van der Waals surface area contributed by atoms with Crippen molar-refractivity contribution in [3.8, 4) is 27.9 Å². The van der Waals surface area contributed by atoms with Crippen molar-refractivity contribution in [2.45, 2.75) is 24.7 Å². The summed E-state index contributed by atoms with van der Waals surface area (Å²) < 4.78 is 5.32. The summed E-state index contributed by atoms with van der Waals surface area (Å²) in [4.78, 5) is 0. The van der Waals surface area contributed by atoms with E-state index in [-0.39, 0.29) is 5.41 Å². The molecule has 0 N–H and O–H groups in total. The Bertz CT molecular complexity index is 3140. The molecule has 254 valence electrons. The van der Waals surface area contributed by atoms with Crippen LogP contribution in [0.2, 0.25) is 0 Å². The zero-order valence-corrected chi connectivity index (χ0v) is 30.9. The summed E-state index contributed by atoms with van der Waals surface area (Å²) >= 11 is 1.95. The van der Waals surface area contributed by atoms with Gasteiger partial charge in [-0.1, -0.05) is 166 Å². The van der Waals surface area contributed by atoms with E-state index < -0.39 is 5.41 Å². The second-order valence-electron chi connectivity index (χ2n) is 15.6. The number of aromatic nitrogens is 1. The topological polar surface area (TPSA) is 4.93 Å². The molecular weight excluding hydrogens is 671 g/mol. The average molecular weight is 706 g/mol. The minimum absolute atomic E-state index is 0.168. The van der Waals surface area contributed by atoms with Crippen LogP contribution < -0.4 is 0 Å². The molecule has 2 aromatic heterocycles. The van der Waals surface area contributed by atoms with Gasteiger partial charge in [0.05, 0.1) is 16.4 Å². The lowest BCUT2D eigenvalue weighted by molar-refractivity contribution is 0.667. The fraction of sp³-hybridized carbons (Fsp3) is 0.0769. The summed E-state index contributed by atoms with van der Waals surface area (Å²) in [6.45, 7) is 4.87. The third kappa shape index (κ3) is 3.64. The van der Waals surface area contributed by atoms with Crippen molar-refractivity contribution in [3.05, 3.63) is 209 Å². The number of benzene rings is 8. The molecule has 2 heterocycles. The van der Waals surface area contributed by atoms with Crippen LogP contribution >= 0.6 is 11.3 Å². The molecule has 2 aliphatic carbocycles. The first-order valence-corrected chi connectivity index (χ1v) is 19.8. The van der Waals surface area contributed by atoms with E-state index in [0.717, 1.165) is 0 Å². The van der Waals surface area contributed by atoms with Crippen molar-refractivity contribution < 1.29 is 0 Å². The Kier molecular flexibility index (Phi) is 5.99. The number of hydrogen-bond acceptors (Lipinski definition) is 1. The number of hydrogen-bond donors (Lipinski definition) is 0. The van der Waals surface area contributed by atoms with Crippen LogP contribution in [0, 0.1) is 0 Å². The van der Waals surface area contributed by atoms with Gasteiger partial charge in [-0.05, 0) is 74.3 Å². The Labute approximate surface area is 318 Å². The van der Waals surface area contributed by atoms with Crippen LogP contribution in [0.1, 0.15) is 47.2 Å². The molecule has 8 aromatic carbocycles. The second kappa shape index (κ2) is 10.7. The van der Waals surface area contributed by atoms with Gasteiger partial charge in [0.15, 0.2) is 0 Å². The van der Waals surface area contributed by atoms with Gasteiger partial charge >= 0.3 is 0 Å². The highest BCUT2D eigenvalue weighted by atomic mass is 32.1. The SMILES string of the molecule is CC1(C)c2ccccc2-c2c1c1c3ccccc3n(-c3ccc4c(c3)C(c3ccccc3)(c3ccccc3)c3ccccc3-4)c1c1c2sc2ccccc21. The van der Waals surface area contributed by atoms with Crippen LogP contribution in [-0.2, 0) is 10.8 Å². The molecule has 0 radical (unpaired) electrons. The standard InChI is InChI=1S/C52H35NS/c1-51(2)40-25-13-10-22-37(40)46-48(51)45-38-23-11-15-27-43(38)53(49(45)47-39-24-12-16-28-44(39)54-50(46)47)34-29-30-36-35-21-9-14-26-41(35)52(42(36)31-34,32-17-5-3-6-18-32)33-19-7-4-8-20-33/h3-31H,1-2H3. The van der Waals surface area contributed by atoms with E-state index in [1.807, 2.05) is 11.3 Å². The Morgan fingerprint density at radius 3 is 1.83 bits per heavy atom. The first kappa shape index (κ1) is 30.3. The third-order valence-electron chi connectivity index (χ3n) is 12.6. The quantitative estimate of drug-likeness (QED) is 0.172. The number of nitrogens with zero attached hydrogens (tertiary/aromatic N) is 1. The van der Waals surface area contributed by atoms with E-state index in [4.69, 9.17) is 0 Å². The maximum Gasteiger partial charge on any atom is 0.0714 e. The number of rotatable bonds is 3. The Balaban J connectivity index is 1.27. The highest BCUT2D eigenvalue weighted by molar-refractivity contribution is 7.26. The van der Waals surface area contributed by atoms with Crippen LogP contribution in [0.5, 0.6) is 0 Å². The third-order valence-corrected chi connectivity index (χ3v) is 13.8. The van der Waals surface area contributed by atoms with Crippen LogP contribution in [0.4, 0.5) is 0 Å². The molecule has 0 spiro atoms. The molecule has 2 aliphatic rings. The molecule has 10 aromatic rings. The fourth-order valence-corrected chi connectivity index (χ4v) is 11.8. The zero-order valence-electron chi connectivity index (χ0n) is 30.1. The van der Waals surface area contributed by atoms with Gasteiger partial charge in [-0.2, -0.15) is 0 Å². The predicted molar refractivity (Wildman–Crippen MR) is 229 cm³/mol. The van der Waals surface area contributed by atoms with Gasteiger partial charge in [0.25, 0.3) is 0 Å². The zero-order chi connectivity index (χ0) is 35.8. The molecule has 0 bridgehead atoms. The number of para-hydroxylation sites is 1. The maximum absolute atomic E-state index is 2.61. The first-order chi connectivity index (χ1) is 26.6. The molecule has 2 heteroatoms. The smallest absolute Gasteiger partial charge is 0.0714 e. The highest BCUT2D eigenvalue weighted by Gasteiger charge is 2.46. The average Bonchev–Trinajstić information content (AvgIpc) is 3.93. The van der Waals surface area contributed by atoms with Crippen LogP contribution in [-0.4, -0.2) is 4.57 Å². The Morgan fingerprint density at radius 2 is 1.07 bits per heavy atom. The van der Waals surface area contributed by atoms with Crippen LogP contribution in [0.3, 0.4) is 0 Å². The Morgan fingerprint density at radius 1 is 0.481 bits per heavy atom. The molecule has 0 amide bonds. The minimum Gasteiger partial charge on any atom is -0.309 e. The largest absolute Gasteiger partial charge is 0.309 e. The Hall–Kier alpha value is -6.22. The van der Waals surface area contributed by atoms with Gasteiger partial charge in [0.1, 0.15) is 0 Å². The van der Waals surface area contributed by atoms with Gasteiger partial charge < -0.3 is 4.57 Å². The van der Waals surface area contributed by atoms with Gasteiger partial charge in [-0.3, -0.25) is 0 Å². The summed E-state index contributed by atoms with van der Waals surface area (Å²) in [6.07, 6.45) is 0. The van der Waals surface area contributed by atoms with E-state index in [1.54, 1.807) is 0 Å². The molecule has 54 heavy (non-hydrogen) atoms. The summed E-state index contributed by atoms with van der Waals surface area (Å²) in [5.41, 5.74) is 16.6. The van der Waals surface area contributed by atoms with Gasteiger partial charge in [0.2, 0.25) is 0 Å². The molecule has 0 unspecified atom stereocenters. The van der Waals surface area contributed by atoms with Crippen LogP contribution in [0.25, 0.3) is 69.9 Å². The van der Waals surface area contributed by atoms with E-state index in [1.165, 1.54) is 103 Å². The van der Waals surface area contributed by atoms with E-state index >= 15 is 0 Å². The molecule has 0 fully saturated rings. The normalized spacial score (nSPS) is 14.8. The van der Waals surface area contributed by atoms with Crippen molar-refractivity contribution in [1.29, 1.82) is 0 Å². The van der Waals surface area contributed by atoms with Crippen LogP contribution in [0.15, 0.2) is 176 Å². The predicted octanol–water partition coefficient (Wildman–Crippen LogP) is 13.8. The van der Waals surface area contributed by atoms with Crippen molar-refractivity contribution in [1.82, 2.24) is 4.57 Å². The highest BCUT2D eigenvalue weighted by Crippen LogP contribution is 2.60. The monoisotopic (exact) mass is 705 g/mol. The summed E-state index contributed by atoms with van der Waals surface area (Å²) in [5, 5.41) is 5.37. The molecule has 0 aliphatic heterocycles. The summed E-state index contributed by atoms with van der Waals surface area (Å²) in [5.74, 6) is 0. The second-order valence-corrected chi connectivity index (χ2v) is 16.6.